The quantitative estimate of drug-likeness (QED) is 0.805. The molecule has 2 rings (SSSR count). The highest BCUT2D eigenvalue weighted by atomic mass is 15.0. The summed E-state index contributed by atoms with van der Waals surface area (Å²) in [6.07, 6.45) is 8.17. The summed E-state index contributed by atoms with van der Waals surface area (Å²) in [4.78, 5) is 0. The van der Waals surface area contributed by atoms with Gasteiger partial charge in [0.2, 0.25) is 0 Å². The van der Waals surface area contributed by atoms with Gasteiger partial charge in [0.15, 0.2) is 0 Å². The number of nitrogens with one attached hydrogen (secondary N) is 1. The van der Waals surface area contributed by atoms with Crippen molar-refractivity contribution in [3.8, 4) is 0 Å². The van der Waals surface area contributed by atoms with Gasteiger partial charge in [-0.3, -0.25) is 0 Å². The lowest BCUT2D eigenvalue weighted by Crippen LogP contribution is -2.44. The van der Waals surface area contributed by atoms with E-state index in [1.807, 2.05) is 0 Å². The fraction of sp³-hybridized carbons (Fsp3) is 0.647. The third kappa shape index (κ3) is 3.84. The van der Waals surface area contributed by atoms with E-state index in [1.54, 1.807) is 0 Å². The van der Waals surface area contributed by atoms with Gasteiger partial charge in [0.1, 0.15) is 0 Å². The molecule has 0 aliphatic heterocycles. The Balaban J connectivity index is 1.75. The molecule has 1 aromatic rings. The van der Waals surface area contributed by atoms with Gasteiger partial charge in [0.25, 0.3) is 0 Å². The van der Waals surface area contributed by atoms with Gasteiger partial charge in [-0.1, -0.05) is 56.5 Å². The van der Waals surface area contributed by atoms with Gasteiger partial charge in [0.05, 0.1) is 0 Å². The molecule has 1 heteroatoms. The van der Waals surface area contributed by atoms with Gasteiger partial charge in [0, 0.05) is 5.54 Å². The van der Waals surface area contributed by atoms with Gasteiger partial charge >= 0.3 is 0 Å². The zero-order chi connectivity index (χ0) is 12.8. The molecule has 1 aromatic carbocycles. The molecule has 1 fully saturated rings. The topological polar surface area (TPSA) is 12.0 Å². The first kappa shape index (κ1) is 13.6. The molecular weight excluding hydrogens is 218 g/mol. The van der Waals surface area contributed by atoms with Crippen molar-refractivity contribution in [1.82, 2.24) is 5.32 Å². The van der Waals surface area contributed by atoms with E-state index in [2.05, 4.69) is 49.5 Å². The summed E-state index contributed by atoms with van der Waals surface area (Å²) >= 11 is 0. The van der Waals surface area contributed by atoms with Crippen LogP contribution in [-0.2, 0) is 0 Å². The maximum atomic E-state index is 3.80. The molecule has 1 N–H and O–H groups in total. The number of rotatable bonds is 5. The minimum Gasteiger partial charge on any atom is -0.311 e. The highest BCUT2D eigenvalue weighted by molar-refractivity contribution is 5.18. The van der Waals surface area contributed by atoms with Crippen molar-refractivity contribution in [2.45, 2.75) is 63.8 Å². The molecule has 100 valence electrons. The standard InChI is InChI=1S/C17H27N/c1-15(16-9-5-3-6-10-16)11-14-18-17(2)12-7-4-8-13-17/h3,5-6,9-10,15,18H,4,7-8,11-14H2,1-2H3. The average Bonchev–Trinajstić information content (AvgIpc) is 2.40. The maximum absolute atomic E-state index is 3.80. The fourth-order valence-electron chi connectivity index (χ4n) is 3.05. The molecule has 1 unspecified atom stereocenters. The smallest absolute Gasteiger partial charge is 0.0153 e. The third-order valence-corrected chi connectivity index (χ3v) is 4.45. The van der Waals surface area contributed by atoms with E-state index < -0.39 is 0 Å². The molecule has 0 radical (unpaired) electrons. The Hall–Kier alpha value is -0.820. The van der Waals surface area contributed by atoms with E-state index in [-0.39, 0.29) is 0 Å². The second-order valence-electron chi connectivity index (χ2n) is 6.15. The molecular formula is C17H27N. The van der Waals surface area contributed by atoms with Gasteiger partial charge in [-0.05, 0) is 44.2 Å². The maximum Gasteiger partial charge on any atom is 0.0153 e. The first-order valence-corrected chi connectivity index (χ1v) is 7.50. The summed E-state index contributed by atoms with van der Waals surface area (Å²) < 4.78 is 0. The van der Waals surface area contributed by atoms with E-state index in [0.29, 0.717) is 11.5 Å². The Kier molecular flexibility index (Phi) is 4.82. The highest BCUT2D eigenvalue weighted by Crippen LogP contribution is 2.28. The lowest BCUT2D eigenvalue weighted by Gasteiger charge is -2.35. The van der Waals surface area contributed by atoms with Crippen LogP contribution in [0.2, 0.25) is 0 Å². The zero-order valence-electron chi connectivity index (χ0n) is 11.9. The minimum atomic E-state index is 0.411. The second kappa shape index (κ2) is 6.38. The summed E-state index contributed by atoms with van der Waals surface area (Å²) in [5, 5.41) is 3.80. The molecule has 0 spiro atoms. The highest BCUT2D eigenvalue weighted by Gasteiger charge is 2.25. The van der Waals surface area contributed by atoms with E-state index in [9.17, 15) is 0 Å². The molecule has 18 heavy (non-hydrogen) atoms. The normalized spacial score (nSPS) is 20.6. The monoisotopic (exact) mass is 245 g/mol. The van der Waals surface area contributed by atoms with Crippen LogP contribution in [0.5, 0.6) is 0 Å². The molecule has 1 aliphatic rings. The van der Waals surface area contributed by atoms with Gasteiger partial charge in [-0.25, -0.2) is 0 Å². The van der Waals surface area contributed by atoms with Crippen LogP contribution in [0.4, 0.5) is 0 Å². The first-order chi connectivity index (χ1) is 8.70. The van der Waals surface area contributed by atoms with Crippen molar-refractivity contribution in [2.24, 2.45) is 0 Å². The van der Waals surface area contributed by atoms with Crippen molar-refractivity contribution in [3.05, 3.63) is 35.9 Å². The number of benzene rings is 1. The molecule has 1 aliphatic carbocycles. The van der Waals surface area contributed by atoms with E-state index in [4.69, 9.17) is 0 Å². The van der Waals surface area contributed by atoms with Gasteiger partial charge in [-0.2, -0.15) is 0 Å². The second-order valence-corrected chi connectivity index (χ2v) is 6.15. The minimum absolute atomic E-state index is 0.411. The Labute approximate surface area is 112 Å². The lowest BCUT2D eigenvalue weighted by atomic mass is 9.83. The molecule has 0 heterocycles. The van der Waals surface area contributed by atoms with Crippen LogP contribution in [0.25, 0.3) is 0 Å². The Bertz CT molecular complexity index is 338. The Morgan fingerprint density at radius 1 is 1.11 bits per heavy atom. The number of hydrogen-bond acceptors (Lipinski definition) is 1. The zero-order valence-corrected chi connectivity index (χ0v) is 11.9. The SMILES string of the molecule is CC(CCNC1(C)CCCCC1)c1ccccc1. The van der Waals surface area contributed by atoms with Gasteiger partial charge < -0.3 is 5.32 Å². The van der Waals surface area contributed by atoms with Crippen molar-refractivity contribution < 1.29 is 0 Å². The molecule has 0 bridgehead atoms. The van der Waals surface area contributed by atoms with E-state index in [0.717, 1.165) is 6.54 Å². The summed E-state index contributed by atoms with van der Waals surface area (Å²) in [7, 11) is 0. The van der Waals surface area contributed by atoms with Crippen LogP contribution in [0.15, 0.2) is 30.3 Å². The average molecular weight is 245 g/mol. The number of hydrogen-bond donors (Lipinski definition) is 1. The summed E-state index contributed by atoms with van der Waals surface area (Å²) in [6, 6.07) is 10.9. The molecule has 0 aromatic heterocycles. The lowest BCUT2D eigenvalue weighted by molar-refractivity contribution is 0.252. The van der Waals surface area contributed by atoms with E-state index in [1.165, 1.54) is 44.1 Å². The molecule has 1 atom stereocenters. The summed E-state index contributed by atoms with van der Waals surface area (Å²) in [5.74, 6) is 0.658. The predicted molar refractivity (Wildman–Crippen MR) is 79.0 cm³/mol. The van der Waals surface area contributed by atoms with Crippen molar-refractivity contribution in [3.63, 3.8) is 0 Å². The Morgan fingerprint density at radius 3 is 2.44 bits per heavy atom. The summed E-state index contributed by atoms with van der Waals surface area (Å²) in [5.41, 5.74) is 1.88. The van der Waals surface area contributed by atoms with Crippen LogP contribution in [0.1, 0.15) is 63.9 Å². The van der Waals surface area contributed by atoms with Crippen molar-refractivity contribution in [1.29, 1.82) is 0 Å². The van der Waals surface area contributed by atoms with Crippen molar-refractivity contribution in [2.75, 3.05) is 6.54 Å². The van der Waals surface area contributed by atoms with Gasteiger partial charge in [-0.15, -0.1) is 0 Å². The Morgan fingerprint density at radius 2 is 1.78 bits per heavy atom. The molecule has 0 saturated heterocycles. The molecule has 1 saturated carbocycles. The van der Waals surface area contributed by atoms with Crippen LogP contribution in [0.3, 0.4) is 0 Å². The molecule has 1 nitrogen and oxygen atoms in total. The first-order valence-electron chi connectivity index (χ1n) is 7.50. The van der Waals surface area contributed by atoms with Crippen LogP contribution in [-0.4, -0.2) is 12.1 Å². The van der Waals surface area contributed by atoms with Crippen LogP contribution in [0, 0.1) is 0 Å². The molecule has 0 amide bonds. The van der Waals surface area contributed by atoms with Crippen LogP contribution < -0.4 is 5.32 Å². The van der Waals surface area contributed by atoms with E-state index >= 15 is 0 Å². The van der Waals surface area contributed by atoms with Crippen molar-refractivity contribution >= 4 is 0 Å². The fourth-order valence-corrected chi connectivity index (χ4v) is 3.05. The largest absolute Gasteiger partial charge is 0.311 e. The predicted octanol–water partition coefficient (Wildman–Crippen LogP) is 4.49. The third-order valence-electron chi connectivity index (χ3n) is 4.45. The summed E-state index contributed by atoms with van der Waals surface area (Å²) in [6.45, 7) is 5.88. The van der Waals surface area contributed by atoms with Crippen LogP contribution >= 0.6 is 0 Å².